The van der Waals surface area contributed by atoms with Crippen LogP contribution in [0.4, 0.5) is 11.4 Å². The highest BCUT2D eigenvalue weighted by atomic mass is 16.5. The zero-order chi connectivity index (χ0) is 17.8. The second-order valence-electron chi connectivity index (χ2n) is 5.69. The molecule has 3 rings (SSSR count). The van der Waals surface area contributed by atoms with Crippen LogP contribution in [-0.2, 0) is 9.53 Å². The van der Waals surface area contributed by atoms with Crippen molar-refractivity contribution in [1.82, 2.24) is 0 Å². The van der Waals surface area contributed by atoms with E-state index in [4.69, 9.17) is 0 Å². The molecule has 1 heterocycles. The minimum absolute atomic E-state index is 0.0303. The van der Waals surface area contributed by atoms with Gasteiger partial charge in [0.1, 0.15) is 0 Å². The number of amides is 2. The number of anilines is 2. The summed E-state index contributed by atoms with van der Waals surface area (Å²) >= 11 is 0. The largest absolute Gasteiger partial charge is 0.465 e. The first kappa shape index (κ1) is 16.7. The van der Waals surface area contributed by atoms with Crippen LogP contribution in [0.5, 0.6) is 0 Å². The number of hydrogen-bond acceptors (Lipinski definition) is 4. The van der Waals surface area contributed by atoms with Crippen molar-refractivity contribution in [3.63, 3.8) is 0 Å². The summed E-state index contributed by atoms with van der Waals surface area (Å²) in [6.45, 7) is 0.622. The van der Waals surface area contributed by atoms with E-state index in [1.54, 1.807) is 47.4 Å². The van der Waals surface area contributed by atoms with Gasteiger partial charge in [0.25, 0.3) is 5.91 Å². The molecule has 1 N–H and O–H groups in total. The van der Waals surface area contributed by atoms with Gasteiger partial charge in [0.05, 0.1) is 23.9 Å². The molecule has 0 radical (unpaired) electrons. The van der Waals surface area contributed by atoms with Crippen LogP contribution in [0.2, 0.25) is 0 Å². The molecule has 1 saturated heterocycles. The van der Waals surface area contributed by atoms with Crippen molar-refractivity contribution in [3.05, 3.63) is 59.7 Å². The van der Waals surface area contributed by atoms with Crippen molar-refractivity contribution in [2.24, 2.45) is 0 Å². The van der Waals surface area contributed by atoms with Gasteiger partial charge in [0, 0.05) is 18.7 Å². The van der Waals surface area contributed by atoms with Crippen molar-refractivity contribution in [2.45, 2.75) is 12.8 Å². The van der Waals surface area contributed by atoms with E-state index in [0.29, 0.717) is 35.5 Å². The second-order valence-corrected chi connectivity index (χ2v) is 5.69. The molecule has 6 nitrogen and oxygen atoms in total. The van der Waals surface area contributed by atoms with Crippen molar-refractivity contribution in [2.75, 3.05) is 23.9 Å². The van der Waals surface area contributed by atoms with E-state index in [-0.39, 0.29) is 11.8 Å². The SMILES string of the molecule is COC(=O)c1ccc(NC(=O)c2ccccc2N2CCCC2=O)cc1. The Morgan fingerprint density at radius 1 is 1.08 bits per heavy atom. The van der Waals surface area contributed by atoms with Gasteiger partial charge >= 0.3 is 5.97 Å². The summed E-state index contributed by atoms with van der Waals surface area (Å²) in [6, 6.07) is 13.5. The Morgan fingerprint density at radius 3 is 2.44 bits per heavy atom. The molecule has 0 unspecified atom stereocenters. The molecule has 1 fully saturated rings. The van der Waals surface area contributed by atoms with Gasteiger partial charge in [-0.25, -0.2) is 4.79 Å². The highest BCUT2D eigenvalue weighted by Crippen LogP contribution is 2.26. The molecular weight excluding hydrogens is 320 g/mol. The first-order valence-electron chi connectivity index (χ1n) is 7.99. The third-order valence-corrected chi connectivity index (χ3v) is 4.08. The molecule has 1 aliphatic heterocycles. The van der Waals surface area contributed by atoms with Crippen molar-refractivity contribution < 1.29 is 19.1 Å². The number of benzene rings is 2. The van der Waals surface area contributed by atoms with Crippen LogP contribution in [0.15, 0.2) is 48.5 Å². The zero-order valence-corrected chi connectivity index (χ0v) is 13.8. The van der Waals surface area contributed by atoms with Crippen LogP contribution < -0.4 is 10.2 Å². The predicted octanol–water partition coefficient (Wildman–Crippen LogP) is 2.85. The number of nitrogens with zero attached hydrogens (tertiary/aromatic N) is 1. The number of carbonyl (C=O) groups excluding carboxylic acids is 3. The number of carbonyl (C=O) groups is 3. The van der Waals surface area contributed by atoms with Gasteiger partial charge in [-0.15, -0.1) is 0 Å². The number of rotatable bonds is 4. The first-order chi connectivity index (χ1) is 12.1. The van der Waals surface area contributed by atoms with Crippen molar-refractivity contribution >= 4 is 29.2 Å². The summed E-state index contributed by atoms with van der Waals surface area (Å²) in [5.41, 5.74) is 2.02. The average molecular weight is 338 g/mol. The maximum Gasteiger partial charge on any atom is 0.337 e. The summed E-state index contributed by atoms with van der Waals surface area (Å²) in [5.74, 6) is -0.709. The molecule has 0 aromatic heterocycles. The van der Waals surface area contributed by atoms with E-state index in [1.807, 2.05) is 6.07 Å². The molecule has 6 heteroatoms. The van der Waals surface area contributed by atoms with Crippen LogP contribution in [0, 0.1) is 0 Å². The van der Waals surface area contributed by atoms with Gasteiger partial charge in [-0.2, -0.15) is 0 Å². The minimum atomic E-state index is -0.434. The number of ether oxygens (including phenoxy) is 1. The predicted molar refractivity (Wildman–Crippen MR) is 93.8 cm³/mol. The molecule has 128 valence electrons. The molecule has 0 aliphatic carbocycles. The van der Waals surface area contributed by atoms with E-state index in [9.17, 15) is 14.4 Å². The topological polar surface area (TPSA) is 75.7 Å². The van der Waals surface area contributed by atoms with Gasteiger partial charge < -0.3 is 15.0 Å². The lowest BCUT2D eigenvalue weighted by Crippen LogP contribution is -2.27. The van der Waals surface area contributed by atoms with Crippen LogP contribution in [-0.4, -0.2) is 31.4 Å². The number of nitrogens with one attached hydrogen (secondary N) is 1. The lowest BCUT2D eigenvalue weighted by atomic mass is 10.1. The fraction of sp³-hybridized carbons (Fsp3) is 0.211. The maximum atomic E-state index is 12.6. The second kappa shape index (κ2) is 7.17. The van der Waals surface area contributed by atoms with E-state index >= 15 is 0 Å². The minimum Gasteiger partial charge on any atom is -0.465 e. The number of para-hydroxylation sites is 1. The molecule has 2 amide bonds. The molecular formula is C19H18N2O4. The molecule has 0 atom stereocenters. The summed E-state index contributed by atoms with van der Waals surface area (Å²) in [4.78, 5) is 37.7. The van der Waals surface area contributed by atoms with Crippen LogP contribution in [0.3, 0.4) is 0 Å². The Bertz CT molecular complexity index is 814. The van der Waals surface area contributed by atoms with E-state index in [1.165, 1.54) is 7.11 Å². The first-order valence-corrected chi connectivity index (χ1v) is 7.99. The Labute approximate surface area is 145 Å². The smallest absolute Gasteiger partial charge is 0.337 e. The summed E-state index contributed by atoms with van der Waals surface area (Å²) in [6.07, 6.45) is 1.30. The molecule has 25 heavy (non-hydrogen) atoms. The monoisotopic (exact) mass is 338 g/mol. The lowest BCUT2D eigenvalue weighted by molar-refractivity contribution is -0.117. The zero-order valence-electron chi connectivity index (χ0n) is 13.8. The van der Waals surface area contributed by atoms with Gasteiger partial charge in [-0.05, 0) is 42.8 Å². The lowest BCUT2D eigenvalue weighted by Gasteiger charge is -2.19. The Kier molecular flexibility index (Phi) is 4.79. The standard InChI is InChI=1S/C19H18N2O4/c1-25-19(24)13-8-10-14(11-9-13)20-18(23)15-5-2-3-6-16(15)21-12-4-7-17(21)22/h2-3,5-6,8-11H,4,7,12H2,1H3,(H,20,23). The molecule has 1 aliphatic rings. The highest BCUT2D eigenvalue weighted by Gasteiger charge is 2.25. The van der Waals surface area contributed by atoms with Crippen LogP contribution in [0.1, 0.15) is 33.6 Å². The number of methoxy groups -OCH3 is 1. The van der Waals surface area contributed by atoms with Crippen molar-refractivity contribution in [3.8, 4) is 0 Å². The summed E-state index contributed by atoms with van der Waals surface area (Å²) < 4.78 is 4.65. The van der Waals surface area contributed by atoms with Crippen LogP contribution >= 0.6 is 0 Å². The van der Waals surface area contributed by atoms with Gasteiger partial charge in [-0.3, -0.25) is 9.59 Å². The van der Waals surface area contributed by atoms with Gasteiger partial charge in [0.15, 0.2) is 0 Å². The van der Waals surface area contributed by atoms with E-state index in [0.717, 1.165) is 6.42 Å². The Balaban J connectivity index is 1.80. The van der Waals surface area contributed by atoms with Crippen molar-refractivity contribution in [1.29, 1.82) is 0 Å². The summed E-state index contributed by atoms with van der Waals surface area (Å²) in [5, 5.41) is 2.79. The quantitative estimate of drug-likeness (QED) is 0.870. The van der Waals surface area contributed by atoms with E-state index < -0.39 is 5.97 Å². The molecule has 2 aromatic carbocycles. The normalized spacial score (nSPS) is 13.6. The molecule has 2 aromatic rings. The fourth-order valence-corrected chi connectivity index (χ4v) is 2.81. The Hall–Kier alpha value is -3.15. The van der Waals surface area contributed by atoms with Gasteiger partial charge in [0.2, 0.25) is 5.91 Å². The highest BCUT2D eigenvalue weighted by molar-refractivity contribution is 6.11. The molecule has 0 saturated carbocycles. The fourth-order valence-electron chi connectivity index (χ4n) is 2.81. The summed E-state index contributed by atoms with van der Waals surface area (Å²) in [7, 11) is 1.31. The Morgan fingerprint density at radius 2 is 1.80 bits per heavy atom. The maximum absolute atomic E-state index is 12.6. The van der Waals surface area contributed by atoms with Gasteiger partial charge in [-0.1, -0.05) is 12.1 Å². The average Bonchev–Trinajstić information content (AvgIpc) is 3.07. The third kappa shape index (κ3) is 3.52. The third-order valence-electron chi connectivity index (χ3n) is 4.08. The molecule has 0 spiro atoms. The number of esters is 1. The van der Waals surface area contributed by atoms with E-state index in [2.05, 4.69) is 10.1 Å². The number of hydrogen-bond donors (Lipinski definition) is 1. The van der Waals surface area contributed by atoms with Crippen LogP contribution in [0.25, 0.3) is 0 Å². The molecule has 0 bridgehead atoms.